The lowest BCUT2D eigenvalue weighted by molar-refractivity contribution is 0.561. The minimum Gasteiger partial charge on any atom is -0.591 e. The van der Waals surface area contributed by atoms with Gasteiger partial charge >= 0.3 is 0 Å². The van der Waals surface area contributed by atoms with Crippen molar-refractivity contribution in [3.63, 3.8) is 0 Å². The zero-order chi connectivity index (χ0) is 9.94. The van der Waals surface area contributed by atoms with Crippen molar-refractivity contribution >= 4 is 17.1 Å². The fourth-order valence-electron chi connectivity index (χ4n) is 0.373. The van der Waals surface area contributed by atoms with E-state index in [0.717, 1.165) is 5.71 Å². The van der Waals surface area contributed by atoms with Gasteiger partial charge in [-0.15, -0.1) is 0 Å². The van der Waals surface area contributed by atoms with Gasteiger partial charge in [-0.3, -0.25) is 0 Å². The van der Waals surface area contributed by atoms with Crippen molar-refractivity contribution in [3.8, 4) is 0 Å². The highest BCUT2D eigenvalue weighted by atomic mass is 32.2. The second-order valence-electron chi connectivity index (χ2n) is 4.25. The highest BCUT2D eigenvalue weighted by molar-refractivity contribution is 7.91. The molecule has 0 aliphatic heterocycles. The van der Waals surface area contributed by atoms with Gasteiger partial charge in [-0.25, -0.2) is 0 Å². The van der Waals surface area contributed by atoms with E-state index >= 15 is 0 Å². The Bertz CT molecular complexity index is 170. The van der Waals surface area contributed by atoms with E-state index in [1.165, 1.54) is 0 Å². The van der Waals surface area contributed by atoms with Crippen molar-refractivity contribution in [1.29, 1.82) is 0 Å². The van der Waals surface area contributed by atoms with E-state index in [2.05, 4.69) is 18.2 Å². The van der Waals surface area contributed by atoms with Gasteiger partial charge in [0.15, 0.2) is 0 Å². The summed E-state index contributed by atoms with van der Waals surface area (Å²) >= 11 is -1.10. The molecule has 0 radical (unpaired) electrons. The molecule has 0 amide bonds. The minimum atomic E-state index is -1.10. The zero-order valence-corrected chi connectivity index (χ0v) is 9.66. The molecule has 3 heteroatoms. The average molecular weight is 189 g/mol. The first-order valence-corrected chi connectivity index (χ1v) is 5.33. The van der Waals surface area contributed by atoms with Gasteiger partial charge < -0.3 is 4.55 Å². The molecule has 72 valence electrons. The van der Waals surface area contributed by atoms with E-state index in [9.17, 15) is 4.55 Å². The molecule has 0 heterocycles. The lowest BCUT2D eigenvalue weighted by atomic mass is 10.1. The van der Waals surface area contributed by atoms with Crippen LogP contribution in [0.5, 0.6) is 0 Å². The van der Waals surface area contributed by atoms with Gasteiger partial charge in [0.2, 0.25) is 0 Å². The van der Waals surface area contributed by atoms with Crippen LogP contribution in [0.15, 0.2) is 4.40 Å². The molecule has 0 aromatic heterocycles. The van der Waals surface area contributed by atoms with Crippen LogP contribution in [-0.2, 0) is 11.4 Å². The number of hydrogen-bond donors (Lipinski definition) is 0. The first kappa shape index (κ1) is 12.0. The molecule has 0 aromatic rings. The van der Waals surface area contributed by atoms with Gasteiger partial charge in [0.05, 0.1) is 5.71 Å². The van der Waals surface area contributed by atoms with E-state index < -0.39 is 11.4 Å². The molecule has 12 heavy (non-hydrogen) atoms. The Morgan fingerprint density at radius 1 is 1.33 bits per heavy atom. The molecule has 0 bridgehead atoms. The molecule has 0 rings (SSSR count). The smallest absolute Gasteiger partial charge is 0.144 e. The van der Waals surface area contributed by atoms with E-state index in [1.807, 2.05) is 27.7 Å². The molecule has 0 saturated carbocycles. The van der Waals surface area contributed by atoms with E-state index in [-0.39, 0.29) is 4.75 Å². The van der Waals surface area contributed by atoms with Crippen molar-refractivity contribution < 1.29 is 4.55 Å². The summed E-state index contributed by atoms with van der Waals surface area (Å²) in [5.74, 6) is 0.385. The Hall–Kier alpha value is -0.0200. The quantitative estimate of drug-likeness (QED) is 0.485. The average Bonchev–Trinajstić information content (AvgIpc) is 1.85. The van der Waals surface area contributed by atoms with Gasteiger partial charge in [-0.05, 0) is 33.6 Å². The van der Waals surface area contributed by atoms with Crippen LogP contribution >= 0.6 is 0 Å². The predicted octanol–water partition coefficient (Wildman–Crippen LogP) is 2.57. The van der Waals surface area contributed by atoms with Crippen molar-refractivity contribution in [2.24, 2.45) is 10.3 Å². The van der Waals surface area contributed by atoms with Crippen LogP contribution in [0.4, 0.5) is 0 Å². The molecular weight excluding hydrogens is 170 g/mol. The van der Waals surface area contributed by atoms with Crippen LogP contribution in [0.1, 0.15) is 41.5 Å². The van der Waals surface area contributed by atoms with Crippen molar-refractivity contribution in [3.05, 3.63) is 0 Å². The molecule has 0 fully saturated rings. The fourth-order valence-corrected chi connectivity index (χ4v) is 1.12. The number of nitrogens with zero attached hydrogens (tertiary/aromatic N) is 1. The van der Waals surface area contributed by atoms with Gasteiger partial charge in [0.1, 0.15) is 16.1 Å². The third-order valence-electron chi connectivity index (χ3n) is 1.59. The summed E-state index contributed by atoms with van der Waals surface area (Å²) in [7, 11) is 0. The van der Waals surface area contributed by atoms with Crippen LogP contribution in [0.25, 0.3) is 0 Å². The van der Waals surface area contributed by atoms with Crippen LogP contribution < -0.4 is 0 Å². The fraction of sp³-hybridized carbons (Fsp3) is 0.889. The number of rotatable bonds is 2. The predicted molar refractivity (Wildman–Crippen MR) is 55.8 cm³/mol. The Morgan fingerprint density at radius 2 is 1.75 bits per heavy atom. The maximum absolute atomic E-state index is 11.5. The summed E-state index contributed by atoms with van der Waals surface area (Å²) in [6.45, 7) is 11.8. The van der Waals surface area contributed by atoms with Crippen molar-refractivity contribution in [2.45, 2.75) is 46.3 Å². The molecular formula is C9H19NOS. The van der Waals surface area contributed by atoms with Crippen molar-refractivity contribution in [1.82, 2.24) is 0 Å². The van der Waals surface area contributed by atoms with Gasteiger partial charge in [0.25, 0.3) is 0 Å². The maximum atomic E-state index is 11.5. The summed E-state index contributed by atoms with van der Waals surface area (Å²) in [6.07, 6.45) is 0. The molecule has 0 N–H and O–H groups in total. The standard InChI is InChI=1S/C9H19NOS/c1-7(2)8(3)10-12(11)9(4,5)6/h7H,1-6H3/b10-8+/t12-/m0/s1. The first-order chi connectivity index (χ1) is 5.25. The summed E-state index contributed by atoms with van der Waals surface area (Å²) in [4.78, 5) is 0. The largest absolute Gasteiger partial charge is 0.591 e. The highest BCUT2D eigenvalue weighted by Crippen LogP contribution is 2.18. The van der Waals surface area contributed by atoms with E-state index in [0.29, 0.717) is 5.92 Å². The zero-order valence-electron chi connectivity index (χ0n) is 8.84. The minimum absolute atomic E-state index is 0.240. The molecule has 0 aromatic carbocycles. The van der Waals surface area contributed by atoms with Crippen LogP contribution in [0.2, 0.25) is 0 Å². The Morgan fingerprint density at radius 3 is 2.00 bits per heavy atom. The molecule has 2 nitrogen and oxygen atoms in total. The van der Waals surface area contributed by atoms with Gasteiger partial charge in [-0.2, -0.15) is 0 Å². The monoisotopic (exact) mass is 189 g/mol. The molecule has 0 saturated heterocycles. The normalized spacial score (nSPS) is 16.8. The van der Waals surface area contributed by atoms with E-state index in [4.69, 9.17) is 0 Å². The summed E-state index contributed by atoms with van der Waals surface area (Å²) in [5, 5.41) is 0. The second kappa shape index (κ2) is 4.28. The second-order valence-corrected chi connectivity index (χ2v) is 6.15. The molecule has 0 aliphatic carbocycles. The van der Waals surface area contributed by atoms with Crippen molar-refractivity contribution in [2.75, 3.05) is 0 Å². The Balaban J connectivity index is 4.34. The highest BCUT2D eigenvalue weighted by Gasteiger charge is 2.26. The molecule has 1 atom stereocenters. The maximum Gasteiger partial charge on any atom is 0.144 e. The SMILES string of the molecule is C/C(=N\[S@@+]([O-])C(C)(C)C)C(C)C. The lowest BCUT2D eigenvalue weighted by Crippen LogP contribution is -2.27. The summed E-state index contributed by atoms with van der Waals surface area (Å²) in [5.41, 5.74) is 0.961. The Kier molecular flexibility index (Phi) is 4.28. The van der Waals surface area contributed by atoms with Gasteiger partial charge in [-0.1, -0.05) is 18.2 Å². The molecule has 0 unspecified atom stereocenters. The number of hydrogen-bond acceptors (Lipinski definition) is 2. The molecule has 0 spiro atoms. The van der Waals surface area contributed by atoms with Crippen LogP contribution in [0.3, 0.4) is 0 Å². The Labute approximate surface area is 78.8 Å². The third kappa shape index (κ3) is 4.12. The van der Waals surface area contributed by atoms with Gasteiger partial charge in [0, 0.05) is 0 Å². The third-order valence-corrected chi connectivity index (χ3v) is 3.09. The first-order valence-electron chi connectivity index (χ1n) is 4.22. The van der Waals surface area contributed by atoms with E-state index in [1.54, 1.807) is 0 Å². The summed E-state index contributed by atoms with van der Waals surface area (Å²) < 4.78 is 15.4. The van der Waals surface area contributed by atoms with Crippen LogP contribution in [0, 0.1) is 5.92 Å². The summed E-state index contributed by atoms with van der Waals surface area (Å²) in [6, 6.07) is 0. The topological polar surface area (TPSA) is 35.4 Å². The molecule has 0 aliphatic rings. The van der Waals surface area contributed by atoms with Crippen LogP contribution in [-0.4, -0.2) is 15.0 Å². The lowest BCUT2D eigenvalue weighted by Gasteiger charge is -2.19.